The number of unbranched alkanes of at least 4 members (excludes halogenated alkanes) is 45. The third-order valence-corrected chi connectivity index (χ3v) is 18.9. The molecular weight excluding hydrogens is 1210 g/mol. The molecule has 0 spiro atoms. The number of hydrogen-bond acceptors (Lipinski definition) is 15. The van der Waals surface area contributed by atoms with E-state index in [1.165, 1.54) is 205 Å². The first-order valence-electron chi connectivity index (χ1n) is 38.1. The zero-order chi connectivity index (χ0) is 67.7. The summed E-state index contributed by atoms with van der Waals surface area (Å²) in [4.78, 5) is 72.7. The van der Waals surface area contributed by atoms with Crippen LogP contribution >= 0.6 is 15.6 Å². The number of carbonyl (C=O) groups is 4. The van der Waals surface area contributed by atoms with Crippen LogP contribution in [0.15, 0.2) is 0 Å². The molecule has 0 aromatic carbocycles. The number of phosphoric ester groups is 2. The van der Waals surface area contributed by atoms with Crippen molar-refractivity contribution in [2.24, 2.45) is 5.92 Å². The van der Waals surface area contributed by atoms with Crippen LogP contribution in [0, 0.1) is 5.92 Å². The number of ether oxygens (including phenoxy) is 4. The van der Waals surface area contributed by atoms with E-state index < -0.39 is 97.5 Å². The largest absolute Gasteiger partial charge is 0.472 e. The number of aliphatic hydroxyl groups is 1. The average Bonchev–Trinajstić information content (AvgIpc) is 2.97. The van der Waals surface area contributed by atoms with Gasteiger partial charge in [-0.25, -0.2) is 9.13 Å². The van der Waals surface area contributed by atoms with E-state index >= 15 is 0 Å². The molecule has 19 heteroatoms. The van der Waals surface area contributed by atoms with Crippen molar-refractivity contribution >= 4 is 39.5 Å². The van der Waals surface area contributed by atoms with Crippen molar-refractivity contribution < 1.29 is 80.2 Å². The Balaban J connectivity index is 5.25. The average molecular weight is 1350 g/mol. The lowest BCUT2D eigenvalue weighted by Crippen LogP contribution is -2.30. The molecule has 0 fully saturated rings. The van der Waals surface area contributed by atoms with Gasteiger partial charge in [-0.05, 0) is 31.6 Å². The molecule has 5 atom stereocenters. The Kier molecular flexibility index (Phi) is 64.9. The number of phosphoric acid groups is 2. The van der Waals surface area contributed by atoms with Crippen molar-refractivity contribution in [2.75, 3.05) is 39.6 Å². The van der Waals surface area contributed by atoms with Crippen molar-refractivity contribution in [3.63, 3.8) is 0 Å². The third kappa shape index (κ3) is 66.7. The Morgan fingerprint density at radius 2 is 0.500 bits per heavy atom. The maximum Gasteiger partial charge on any atom is 0.472 e. The lowest BCUT2D eigenvalue weighted by Gasteiger charge is -2.21. The highest BCUT2D eigenvalue weighted by Gasteiger charge is 2.30. The van der Waals surface area contributed by atoms with E-state index in [4.69, 9.17) is 37.0 Å². The summed E-state index contributed by atoms with van der Waals surface area (Å²) in [6.45, 7) is 7.28. The first-order chi connectivity index (χ1) is 44.5. The zero-order valence-corrected chi connectivity index (χ0v) is 61.5. The molecule has 0 heterocycles. The fourth-order valence-corrected chi connectivity index (χ4v) is 12.8. The fourth-order valence-electron chi connectivity index (χ4n) is 11.2. The van der Waals surface area contributed by atoms with Crippen LogP contribution in [0.3, 0.4) is 0 Å². The smallest absolute Gasteiger partial charge is 0.462 e. The first-order valence-corrected chi connectivity index (χ1v) is 41.1. The van der Waals surface area contributed by atoms with Crippen LogP contribution < -0.4 is 0 Å². The minimum atomic E-state index is -4.95. The summed E-state index contributed by atoms with van der Waals surface area (Å²) in [5.41, 5.74) is 0. The van der Waals surface area contributed by atoms with E-state index in [9.17, 15) is 43.2 Å². The minimum Gasteiger partial charge on any atom is -0.462 e. The van der Waals surface area contributed by atoms with Crippen molar-refractivity contribution in [3.8, 4) is 0 Å². The molecule has 0 aromatic rings. The molecule has 92 heavy (non-hydrogen) atoms. The number of rotatable bonds is 73. The molecule has 0 aliphatic rings. The molecule has 17 nitrogen and oxygen atoms in total. The predicted octanol–water partition coefficient (Wildman–Crippen LogP) is 21.3. The Morgan fingerprint density at radius 3 is 0.739 bits per heavy atom. The van der Waals surface area contributed by atoms with Crippen molar-refractivity contribution in [1.82, 2.24) is 0 Å². The maximum atomic E-state index is 13.1. The van der Waals surface area contributed by atoms with E-state index in [1.54, 1.807) is 0 Å². The van der Waals surface area contributed by atoms with Crippen LogP contribution in [-0.2, 0) is 65.4 Å². The predicted molar refractivity (Wildman–Crippen MR) is 372 cm³/mol. The quantitative estimate of drug-likeness (QED) is 0.0222. The third-order valence-electron chi connectivity index (χ3n) is 17.0. The van der Waals surface area contributed by atoms with E-state index in [0.29, 0.717) is 25.7 Å². The van der Waals surface area contributed by atoms with Gasteiger partial charge >= 0.3 is 39.5 Å². The number of aliphatic hydroxyl groups excluding tert-OH is 1. The first kappa shape index (κ1) is 90.1. The molecule has 0 bridgehead atoms. The molecule has 0 rings (SSSR count). The molecule has 0 aliphatic carbocycles. The lowest BCUT2D eigenvalue weighted by atomic mass is 10.0. The Morgan fingerprint density at radius 1 is 0.293 bits per heavy atom. The molecule has 0 amide bonds. The van der Waals surface area contributed by atoms with Gasteiger partial charge in [0.1, 0.15) is 19.3 Å². The second-order valence-electron chi connectivity index (χ2n) is 26.8. The summed E-state index contributed by atoms with van der Waals surface area (Å²) in [6, 6.07) is 0. The van der Waals surface area contributed by atoms with Gasteiger partial charge in [-0.3, -0.25) is 37.3 Å². The van der Waals surface area contributed by atoms with Gasteiger partial charge in [0.15, 0.2) is 12.2 Å². The van der Waals surface area contributed by atoms with Crippen LogP contribution in [0.5, 0.6) is 0 Å². The molecular formula is C73H142O17P2. The molecule has 0 saturated carbocycles. The molecule has 2 unspecified atom stereocenters. The van der Waals surface area contributed by atoms with Gasteiger partial charge in [0.2, 0.25) is 0 Å². The summed E-state index contributed by atoms with van der Waals surface area (Å²) in [5, 5.41) is 10.6. The van der Waals surface area contributed by atoms with Gasteiger partial charge in [-0.1, -0.05) is 330 Å². The van der Waals surface area contributed by atoms with E-state index in [0.717, 1.165) is 95.8 Å². The summed E-state index contributed by atoms with van der Waals surface area (Å²) in [6.07, 6.45) is 53.9. The standard InChI is InChI=1S/C73H142O17P2/c1-6-9-12-15-18-21-24-26-28-32-37-42-47-52-57-71(76)84-63-69(90-73(78)59-54-49-44-39-34-30-29-31-35-40-45-50-55-66(4)5)65-88-92(81,82)86-61-67(74)60-85-91(79,80)87-64-68(62-83-70(75)56-51-46-41-36-23-20-17-14-11-8-3)89-72(77)58-53-48-43-38-33-27-25-22-19-16-13-10-7-2/h66-69,74H,6-65H2,1-5H3,(H,79,80)(H,81,82)/t67-,68+,69+/m0/s1. The Bertz CT molecular complexity index is 1770. The van der Waals surface area contributed by atoms with Gasteiger partial charge in [-0.2, -0.15) is 0 Å². The van der Waals surface area contributed by atoms with Gasteiger partial charge in [0.25, 0.3) is 0 Å². The molecule has 3 N–H and O–H groups in total. The summed E-state index contributed by atoms with van der Waals surface area (Å²) >= 11 is 0. The van der Waals surface area contributed by atoms with Crippen molar-refractivity contribution in [3.05, 3.63) is 0 Å². The van der Waals surface area contributed by atoms with Crippen molar-refractivity contribution in [1.29, 1.82) is 0 Å². The van der Waals surface area contributed by atoms with Crippen LogP contribution in [0.1, 0.15) is 381 Å². The summed E-state index contributed by atoms with van der Waals surface area (Å²) in [7, 11) is -9.90. The SMILES string of the molecule is CCCCCCCCCCCCCCCCC(=O)OC[C@H](COP(=O)(O)OC[C@@H](O)COP(=O)(O)OC[C@@H](COC(=O)CCCCCCCCCCCC)OC(=O)CCCCCCCCCCCCCCC)OC(=O)CCCCCCCCCCCCCCC(C)C. The summed E-state index contributed by atoms with van der Waals surface area (Å²) in [5.74, 6) is -1.34. The summed E-state index contributed by atoms with van der Waals surface area (Å²) < 4.78 is 68.4. The second-order valence-corrected chi connectivity index (χ2v) is 29.7. The Labute approximate surface area is 562 Å². The zero-order valence-electron chi connectivity index (χ0n) is 59.7. The molecule has 0 saturated heterocycles. The van der Waals surface area contributed by atoms with Gasteiger partial charge in [-0.15, -0.1) is 0 Å². The van der Waals surface area contributed by atoms with Crippen LogP contribution in [0.25, 0.3) is 0 Å². The number of carbonyl (C=O) groups excluding carboxylic acids is 4. The topological polar surface area (TPSA) is 237 Å². The molecule has 0 radical (unpaired) electrons. The highest BCUT2D eigenvalue weighted by Crippen LogP contribution is 2.45. The monoisotopic (exact) mass is 1350 g/mol. The van der Waals surface area contributed by atoms with Crippen LogP contribution in [0.2, 0.25) is 0 Å². The number of esters is 4. The highest BCUT2D eigenvalue weighted by atomic mass is 31.2. The molecule has 0 aliphatic heterocycles. The van der Waals surface area contributed by atoms with Crippen LogP contribution in [0.4, 0.5) is 0 Å². The van der Waals surface area contributed by atoms with Crippen molar-refractivity contribution in [2.45, 2.75) is 400 Å². The second kappa shape index (κ2) is 66.3. The maximum absolute atomic E-state index is 13.1. The van der Waals surface area contributed by atoms with Gasteiger partial charge < -0.3 is 33.8 Å². The Hall–Kier alpha value is -1.94. The number of hydrogen-bond donors (Lipinski definition) is 3. The molecule has 546 valence electrons. The lowest BCUT2D eigenvalue weighted by molar-refractivity contribution is -0.161. The van der Waals surface area contributed by atoms with Crippen LogP contribution in [-0.4, -0.2) is 96.7 Å². The minimum absolute atomic E-state index is 0.108. The normalized spacial score (nSPS) is 14.0. The highest BCUT2D eigenvalue weighted by molar-refractivity contribution is 7.47. The molecule has 0 aromatic heterocycles. The van der Waals surface area contributed by atoms with E-state index in [2.05, 4.69) is 34.6 Å². The van der Waals surface area contributed by atoms with Gasteiger partial charge in [0.05, 0.1) is 26.4 Å². The van der Waals surface area contributed by atoms with Gasteiger partial charge in [0, 0.05) is 25.7 Å². The van der Waals surface area contributed by atoms with E-state index in [1.807, 2.05) is 0 Å². The van der Waals surface area contributed by atoms with E-state index in [-0.39, 0.29) is 25.7 Å². The fraction of sp³-hybridized carbons (Fsp3) is 0.945.